The lowest BCUT2D eigenvalue weighted by atomic mass is 10.0. The van der Waals surface area contributed by atoms with Gasteiger partial charge in [-0.25, -0.2) is 0 Å². The SMILES string of the molecule is CC(C(=O)Oc1ccc(C(=O)CNC(C)(C)C)cc1OC(=O)C(C)c1ccccc1)c1ccccc1. The Morgan fingerprint density at radius 3 is 1.67 bits per heavy atom. The first-order chi connectivity index (χ1) is 17.0. The second-order valence-corrected chi connectivity index (χ2v) is 9.80. The predicted octanol–water partition coefficient (Wildman–Crippen LogP) is 5.68. The maximum Gasteiger partial charge on any atom is 0.318 e. The molecule has 6 nitrogen and oxygen atoms in total. The highest BCUT2D eigenvalue weighted by Crippen LogP contribution is 2.32. The van der Waals surface area contributed by atoms with Gasteiger partial charge in [-0.3, -0.25) is 14.4 Å². The fourth-order valence-electron chi connectivity index (χ4n) is 3.44. The number of hydrogen-bond acceptors (Lipinski definition) is 6. The molecular weight excluding hydrogens is 454 g/mol. The van der Waals surface area contributed by atoms with Crippen LogP contribution in [0, 0.1) is 0 Å². The van der Waals surface area contributed by atoms with Crippen molar-refractivity contribution in [3.8, 4) is 11.5 Å². The smallest absolute Gasteiger partial charge is 0.318 e. The van der Waals surface area contributed by atoms with Crippen molar-refractivity contribution < 1.29 is 23.9 Å². The molecule has 2 atom stereocenters. The van der Waals surface area contributed by atoms with E-state index in [1.165, 1.54) is 12.1 Å². The van der Waals surface area contributed by atoms with E-state index in [0.717, 1.165) is 11.1 Å². The lowest BCUT2D eigenvalue weighted by molar-refractivity contribution is -0.138. The summed E-state index contributed by atoms with van der Waals surface area (Å²) in [5, 5.41) is 3.16. The van der Waals surface area contributed by atoms with Gasteiger partial charge in [0.1, 0.15) is 0 Å². The summed E-state index contributed by atoms with van der Waals surface area (Å²) in [5.41, 5.74) is 1.70. The molecule has 0 spiro atoms. The molecule has 188 valence electrons. The van der Waals surface area contributed by atoms with E-state index < -0.39 is 23.8 Å². The normalized spacial score (nSPS) is 12.9. The number of ether oxygens (including phenoxy) is 2. The molecule has 36 heavy (non-hydrogen) atoms. The maximum atomic E-state index is 13.0. The van der Waals surface area contributed by atoms with Crippen LogP contribution in [0.15, 0.2) is 78.9 Å². The van der Waals surface area contributed by atoms with Gasteiger partial charge in [0, 0.05) is 11.1 Å². The Labute approximate surface area is 212 Å². The third kappa shape index (κ3) is 7.36. The number of carbonyl (C=O) groups is 3. The topological polar surface area (TPSA) is 81.7 Å². The van der Waals surface area contributed by atoms with Crippen molar-refractivity contribution in [1.82, 2.24) is 5.32 Å². The molecule has 3 rings (SSSR count). The quantitative estimate of drug-likeness (QED) is 0.238. The Bertz CT molecular complexity index is 1200. The second-order valence-electron chi connectivity index (χ2n) is 9.80. The molecule has 0 bridgehead atoms. The Balaban J connectivity index is 1.87. The van der Waals surface area contributed by atoms with E-state index in [-0.39, 0.29) is 29.4 Å². The number of esters is 2. The third-order valence-corrected chi connectivity index (χ3v) is 5.77. The van der Waals surface area contributed by atoms with Crippen molar-refractivity contribution in [3.05, 3.63) is 95.6 Å². The molecule has 3 aromatic carbocycles. The largest absolute Gasteiger partial charge is 0.422 e. The third-order valence-electron chi connectivity index (χ3n) is 5.77. The number of ketones is 1. The number of benzene rings is 3. The van der Waals surface area contributed by atoms with Gasteiger partial charge in [0.05, 0.1) is 18.4 Å². The Morgan fingerprint density at radius 1 is 0.722 bits per heavy atom. The molecule has 6 heteroatoms. The standard InChI is InChI=1S/C30H33NO5/c1-20(22-12-8-6-9-13-22)28(33)35-26-17-16-24(25(32)19-31-30(3,4)5)18-27(26)36-29(34)21(2)23-14-10-7-11-15-23/h6-18,20-21,31H,19H2,1-5H3. The molecule has 0 aliphatic rings. The molecular formula is C30H33NO5. The van der Waals surface area contributed by atoms with E-state index in [2.05, 4.69) is 5.32 Å². The summed E-state index contributed by atoms with van der Waals surface area (Å²) < 4.78 is 11.3. The van der Waals surface area contributed by atoms with E-state index in [1.807, 2.05) is 81.4 Å². The minimum absolute atomic E-state index is 0.0259. The van der Waals surface area contributed by atoms with Crippen LogP contribution in [-0.4, -0.2) is 29.8 Å². The predicted molar refractivity (Wildman–Crippen MR) is 140 cm³/mol. The number of rotatable bonds is 9. The van der Waals surface area contributed by atoms with Gasteiger partial charge in [-0.2, -0.15) is 0 Å². The van der Waals surface area contributed by atoms with Gasteiger partial charge in [0.15, 0.2) is 17.3 Å². The van der Waals surface area contributed by atoms with Crippen LogP contribution in [0.3, 0.4) is 0 Å². The van der Waals surface area contributed by atoms with Crippen LogP contribution in [0.5, 0.6) is 11.5 Å². The van der Waals surface area contributed by atoms with Gasteiger partial charge in [0.25, 0.3) is 0 Å². The number of hydrogen-bond donors (Lipinski definition) is 1. The highest BCUT2D eigenvalue weighted by molar-refractivity contribution is 5.98. The molecule has 1 N–H and O–H groups in total. The second kappa shape index (κ2) is 11.8. The summed E-state index contributed by atoms with van der Waals surface area (Å²) in [6.45, 7) is 9.50. The molecule has 0 saturated heterocycles. The first-order valence-electron chi connectivity index (χ1n) is 12.0. The molecule has 0 aromatic heterocycles. The first kappa shape index (κ1) is 26.8. The fraction of sp³-hybridized carbons (Fsp3) is 0.300. The molecule has 0 aliphatic heterocycles. The summed E-state index contributed by atoms with van der Waals surface area (Å²) in [6, 6.07) is 23.0. The van der Waals surface area contributed by atoms with Crippen LogP contribution in [0.2, 0.25) is 0 Å². The molecule has 0 saturated carbocycles. The summed E-state index contributed by atoms with van der Waals surface area (Å²) in [5.74, 6) is -2.17. The van der Waals surface area contributed by atoms with Crippen LogP contribution in [-0.2, 0) is 9.59 Å². The van der Waals surface area contributed by atoms with Crippen LogP contribution < -0.4 is 14.8 Å². The van der Waals surface area contributed by atoms with Crippen LogP contribution in [0.4, 0.5) is 0 Å². The van der Waals surface area contributed by atoms with Crippen molar-refractivity contribution in [3.63, 3.8) is 0 Å². The molecule has 0 aliphatic carbocycles. The average molecular weight is 488 g/mol. The molecule has 0 radical (unpaired) electrons. The van der Waals surface area contributed by atoms with Gasteiger partial charge >= 0.3 is 11.9 Å². The first-order valence-corrected chi connectivity index (χ1v) is 12.0. The molecule has 0 heterocycles. The molecule has 0 amide bonds. The van der Waals surface area contributed by atoms with E-state index in [0.29, 0.717) is 5.56 Å². The Hall–Kier alpha value is -3.77. The lowest BCUT2D eigenvalue weighted by Crippen LogP contribution is -2.39. The fourth-order valence-corrected chi connectivity index (χ4v) is 3.44. The summed E-state index contributed by atoms with van der Waals surface area (Å²) in [4.78, 5) is 38.7. The van der Waals surface area contributed by atoms with Gasteiger partial charge in [-0.1, -0.05) is 60.7 Å². The number of Topliss-reactive ketones (excluding diaryl/α,β-unsaturated/α-hetero) is 1. The van der Waals surface area contributed by atoms with Crippen molar-refractivity contribution in [2.45, 2.75) is 52.0 Å². The summed E-state index contributed by atoms with van der Waals surface area (Å²) >= 11 is 0. The van der Waals surface area contributed by atoms with Crippen LogP contribution >= 0.6 is 0 Å². The van der Waals surface area contributed by atoms with Crippen LogP contribution in [0.1, 0.15) is 67.9 Å². The van der Waals surface area contributed by atoms with E-state index in [9.17, 15) is 14.4 Å². The van der Waals surface area contributed by atoms with Gasteiger partial charge in [-0.15, -0.1) is 0 Å². The van der Waals surface area contributed by atoms with E-state index >= 15 is 0 Å². The zero-order valence-electron chi connectivity index (χ0n) is 21.4. The minimum Gasteiger partial charge on any atom is -0.422 e. The molecule has 3 aromatic rings. The molecule has 0 fully saturated rings. The van der Waals surface area contributed by atoms with Gasteiger partial charge in [0.2, 0.25) is 0 Å². The van der Waals surface area contributed by atoms with Crippen molar-refractivity contribution >= 4 is 17.7 Å². The summed E-state index contributed by atoms with van der Waals surface area (Å²) in [6.07, 6.45) is 0. The Kier molecular flexibility index (Phi) is 8.78. The average Bonchev–Trinajstić information content (AvgIpc) is 2.87. The zero-order chi connectivity index (χ0) is 26.3. The highest BCUT2D eigenvalue weighted by Gasteiger charge is 2.24. The van der Waals surface area contributed by atoms with Crippen molar-refractivity contribution in [2.24, 2.45) is 0 Å². The number of carbonyl (C=O) groups excluding carboxylic acids is 3. The lowest BCUT2D eigenvalue weighted by Gasteiger charge is -2.20. The van der Waals surface area contributed by atoms with Gasteiger partial charge < -0.3 is 14.8 Å². The Morgan fingerprint density at radius 2 is 1.19 bits per heavy atom. The van der Waals surface area contributed by atoms with Crippen molar-refractivity contribution in [2.75, 3.05) is 6.54 Å². The van der Waals surface area contributed by atoms with Crippen LogP contribution in [0.25, 0.3) is 0 Å². The summed E-state index contributed by atoms with van der Waals surface area (Å²) in [7, 11) is 0. The zero-order valence-corrected chi connectivity index (χ0v) is 21.4. The maximum absolute atomic E-state index is 13.0. The van der Waals surface area contributed by atoms with E-state index in [4.69, 9.17) is 9.47 Å². The monoisotopic (exact) mass is 487 g/mol. The van der Waals surface area contributed by atoms with Gasteiger partial charge in [-0.05, 0) is 63.9 Å². The highest BCUT2D eigenvalue weighted by atomic mass is 16.6. The molecule has 2 unspecified atom stereocenters. The van der Waals surface area contributed by atoms with E-state index in [1.54, 1.807) is 19.9 Å². The number of nitrogens with one attached hydrogen (secondary N) is 1. The van der Waals surface area contributed by atoms with Crippen molar-refractivity contribution in [1.29, 1.82) is 0 Å². The minimum atomic E-state index is -0.556.